The number of pyridine rings is 1. The molecule has 0 unspecified atom stereocenters. The number of hydrogen-bond donors (Lipinski definition) is 1. The summed E-state index contributed by atoms with van der Waals surface area (Å²) in [6.07, 6.45) is 4.16. The SMILES string of the molecule is Cl.NC1CCN(Cc2ccc(Br)nc2)CC1. The minimum atomic E-state index is 0. The van der Waals surface area contributed by atoms with Gasteiger partial charge in [0.1, 0.15) is 4.60 Å². The highest BCUT2D eigenvalue weighted by Gasteiger charge is 2.15. The van der Waals surface area contributed by atoms with Gasteiger partial charge in [0.15, 0.2) is 0 Å². The van der Waals surface area contributed by atoms with Crippen molar-refractivity contribution < 1.29 is 0 Å². The van der Waals surface area contributed by atoms with E-state index in [2.05, 4.69) is 31.9 Å². The lowest BCUT2D eigenvalue weighted by molar-refractivity contribution is 0.205. The predicted molar refractivity (Wildman–Crippen MR) is 71.7 cm³/mol. The van der Waals surface area contributed by atoms with E-state index in [1.54, 1.807) is 0 Å². The van der Waals surface area contributed by atoms with Crippen molar-refractivity contribution in [3.8, 4) is 0 Å². The molecule has 1 saturated heterocycles. The van der Waals surface area contributed by atoms with Crippen LogP contribution >= 0.6 is 28.3 Å². The van der Waals surface area contributed by atoms with Crippen LogP contribution in [0.2, 0.25) is 0 Å². The Morgan fingerprint density at radius 2 is 2.06 bits per heavy atom. The van der Waals surface area contributed by atoms with Crippen LogP contribution in [-0.4, -0.2) is 29.0 Å². The van der Waals surface area contributed by atoms with Crippen LogP contribution in [0.4, 0.5) is 0 Å². The van der Waals surface area contributed by atoms with Crippen molar-refractivity contribution in [3.63, 3.8) is 0 Å². The summed E-state index contributed by atoms with van der Waals surface area (Å²) in [5.41, 5.74) is 7.14. The van der Waals surface area contributed by atoms with Crippen LogP contribution in [0, 0.1) is 0 Å². The van der Waals surface area contributed by atoms with Crippen molar-refractivity contribution in [1.82, 2.24) is 9.88 Å². The maximum Gasteiger partial charge on any atom is 0.106 e. The molecule has 2 rings (SSSR count). The molecule has 0 spiro atoms. The van der Waals surface area contributed by atoms with Gasteiger partial charge in [-0.2, -0.15) is 0 Å². The Hall–Kier alpha value is -0.160. The number of halogens is 2. The summed E-state index contributed by atoms with van der Waals surface area (Å²) in [7, 11) is 0. The zero-order valence-electron chi connectivity index (χ0n) is 9.10. The number of nitrogens with two attached hydrogens (primary N) is 1. The molecule has 1 aliphatic rings. The molecule has 16 heavy (non-hydrogen) atoms. The summed E-state index contributed by atoms with van der Waals surface area (Å²) in [4.78, 5) is 6.66. The maximum atomic E-state index is 5.86. The van der Waals surface area contributed by atoms with Gasteiger partial charge in [0.2, 0.25) is 0 Å². The molecule has 1 aromatic rings. The van der Waals surface area contributed by atoms with E-state index in [9.17, 15) is 0 Å². The normalized spacial score (nSPS) is 18.1. The second kappa shape index (κ2) is 6.55. The largest absolute Gasteiger partial charge is 0.328 e. The fourth-order valence-electron chi connectivity index (χ4n) is 1.87. The van der Waals surface area contributed by atoms with Crippen LogP contribution < -0.4 is 5.73 Å². The van der Waals surface area contributed by atoms with E-state index in [4.69, 9.17) is 5.73 Å². The minimum absolute atomic E-state index is 0. The standard InChI is InChI=1S/C11H16BrN3.ClH/c12-11-2-1-9(7-14-11)8-15-5-3-10(13)4-6-15;/h1-2,7,10H,3-6,8,13H2;1H. The average Bonchev–Trinajstić information content (AvgIpc) is 2.25. The van der Waals surface area contributed by atoms with Gasteiger partial charge in [-0.3, -0.25) is 4.90 Å². The van der Waals surface area contributed by atoms with E-state index >= 15 is 0 Å². The van der Waals surface area contributed by atoms with Crippen molar-refractivity contribution in [2.75, 3.05) is 13.1 Å². The van der Waals surface area contributed by atoms with E-state index in [0.717, 1.165) is 37.1 Å². The molecule has 0 saturated carbocycles. The van der Waals surface area contributed by atoms with Gasteiger partial charge in [-0.1, -0.05) is 6.07 Å². The molecule has 2 N–H and O–H groups in total. The molecule has 5 heteroatoms. The molecule has 0 aliphatic carbocycles. The van der Waals surface area contributed by atoms with Crippen LogP contribution in [0.15, 0.2) is 22.9 Å². The first-order valence-electron chi connectivity index (χ1n) is 5.32. The zero-order chi connectivity index (χ0) is 10.7. The molecule has 3 nitrogen and oxygen atoms in total. The Bertz CT molecular complexity index is 310. The van der Waals surface area contributed by atoms with Gasteiger partial charge >= 0.3 is 0 Å². The number of nitrogens with zero attached hydrogens (tertiary/aromatic N) is 2. The van der Waals surface area contributed by atoms with Gasteiger partial charge in [-0.15, -0.1) is 12.4 Å². The number of piperidine rings is 1. The van der Waals surface area contributed by atoms with Crippen LogP contribution in [0.1, 0.15) is 18.4 Å². The minimum Gasteiger partial charge on any atom is -0.328 e. The molecule has 90 valence electrons. The van der Waals surface area contributed by atoms with Gasteiger partial charge in [-0.25, -0.2) is 4.98 Å². The number of hydrogen-bond acceptors (Lipinski definition) is 3. The molecule has 0 aromatic carbocycles. The maximum absolute atomic E-state index is 5.86. The Labute approximate surface area is 111 Å². The lowest BCUT2D eigenvalue weighted by atomic mass is 10.1. The number of likely N-dealkylation sites (tertiary alicyclic amines) is 1. The summed E-state index contributed by atoms with van der Waals surface area (Å²) in [6.45, 7) is 3.21. The highest BCUT2D eigenvalue weighted by Crippen LogP contribution is 2.13. The van der Waals surface area contributed by atoms with Gasteiger partial charge in [0.25, 0.3) is 0 Å². The average molecular weight is 307 g/mol. The first-order chi connectivity index (χ1) is 7.24. The zero-order valence-corrected chi connectivity index (χ0v) is 11.5. The lowest BCUT2D eigenvalue weighted by Gasteiger charge is -2.29. The number of aromatic nitrogens is 1. The van der Waals surface area contributed by atoms with Crippen molar-refractivity contribution in [2.24, 2.45) is 5.73 Å². The third-order valence-corrected chi connectivity index (χ3v) is 3.30. The van der Waals surface area contributed by atoms with E-state index in [1.807, 2.05) is 12.3 Å². The van der Waals surface area contributed by atoms with Crippen LogP contribution in [0.25, 0.3) is 0 Å². The van der Waals surface area contributed by atoms with Gasteiger partial charge < -0.3 is 5.73 Å². The molecule has 0 amide bonds. The highest BCUT2D eigenvalue weighted by molar-refractivity contribution is 9.10. The van der Waals surface area contributed by atoms with Crippen molar-refractivity contribution in [3.05, 3.63) is 28.5 Å². The lowest BCUT2D eigenvalue weighted by Crippen LogP contribution is -2.39. The third kappa shape index (κ3) is 4.01. The molecular weight excluding hydrogens is 289 g/mol. The monoisotopic (exact) mass is 305 g/mol. The molecule has 0 bridgehead atoms. The Morgan fingerprint density at radius 1 is 1.38 bits per heavy atom. The van der Waals surface area contributed by atoms with E-state index in [0.29, 0.717) is 6.04 Å². The Balaban J connectivity index is 0.00000128. The van der Waals surface area contributed by atoms with Crippen LogP contribution in [0.3, 0.4) is 0 Å². The van der Waals surface area contributed by atoms with Crippen LogP contribution in [-0.2, 0) is 6.54 Å². The summed E-state index contributed by atoms with van der Waals surface area (Å²) in [5, 5.41) is 0. The molecule has 1 fully saturated rings. The second-order valence-corrected chi connectivity index (χ2v) is 4.92. The van der Waals surface area contributed by atoms with Crippen molar-refractivity contribution >= 4 is 28.3 Å². The topological polar surface area (TPSA) is 42.1 Å². The van der Waals surface area contributed by atoms with Gasteiger partial charge in [0.05, 0.1) is 0 Å². The summed E-state index contributed by atoms with van der Waals surface area (Å²) >= 11 is 3.34. The van der Waals surface area contributed by atoms with Crippen molar-refractivity contribution in [1.29, 1.82) is 0 Å². The molecule has 0 atom stereocenters. The van der Waals surface area contributed by atoms with Gasteiger partial charge in [-0.05, 0) is 53.5 Å². The van der Waals surface area contributed by atoms with E-state index < -0.39 is 0 Å². The Kier molecular flexibility index (Phi) is 5.69. The highest BCUT2D eigenvalue weighted by atomic mass is 79.9. The molecular formula is C11H17BrClN3. The summed E-state index contributed by atoms with van der Waals surface area (Å²) in [6, 6.07) is 4.51. The second-order valence-electron chi connectivity index (χ2n) is 4.10. The predicted octanol–water partition coefficient (Wildman–Crippen LogP) is 2.19. The molecule has 1 aliphatic heterocycles. The number of rotatable bonds is 2. The molecule has 2 heterocycles. The summed E-state index contributed by atoms with van der Waals surface area (Å²) in [5.74, 6) is 0. The van der Waals surface area contributed by atoms with Gasteiger partial charge in [0, 0.05) is 18.8 Å². The van der Waals surface area contributed by atoms with E-state index in [-0.39, 0.29) is 12.4 Å². The smallest absolute Gasteiger partial charge is 0.106 e. The quantitative estimate of drug-likeness (QED) is 0.852. The van der Waals surface area contributed by atoms with Crippen molar-refractivity contribution in [2.45, 2.75) is 25.4 Å². The molecule has 0 radical (unpaired) electrons. The molecule has 1 aromatic heterocycles. The van der Waals surface area contributed by atoms with E-state index in [1.165, 1.54) is 5.56 Å². The summed E-state index contributed by atoms with van der Waals surface area (Å²) < 4.78 is 0.895. The first kappa shape index (κ1) is 13.9. The Morgan fingerprint density at radius 3 is 2.62 bits per heavy atom. The third-order valence-electron chi connectivity index (χ3n) is 2.83. The fourth-order valence-corrected chi connectivity index (χ4v) is 2.10. The van der Waals surface area contributed by atoms with Crippen LogP contribution in [0.5, 0.6) is 0 Å². The first-order valence-corrected chi connectivity index (χ1v) is 6.12. The fraction of sp³-hybridized carbons (Fsp3) is 0.545.